The Labute approximate surface area is 98.2 Å². The quantitative estimate of drug-likeness (QED) is 0.888. The summed E-state index contributed by atoms with van der Waals surface area (Å²) in [6.07, 6.45) is 0.856. The first-order chi connectivity index (χ1) is 8.13. The molecule has 1 aromatic heterocycles. The molecule has 0 aliphatic heterocycles. The topological polar surface area (TPSA) is 42.1 Å². The van der Waals surface area contributed by atoms with Gasteiger partial charge in [0.15, 0.2) is 5.43 Å². The van der Waals surface area contributed by atoms with Gasteiger partial charge in [0.25, 0.3) is 0 Å². The van der Waals surface area contributed by atoms with Gasteiger partial charge in [0.05, 0.1) is 17.5 Å². The van der Waals surface area contributed by atoms with E-state index in [1.807, 2.05) is 6.92 Å². The molecule has 3 nitrogen and oxygen atoms in total. The van der Waals surface area contributed by atoms with Crippen LogP contribution in [-0.4, -0.2) is 11.6 Å². The molecule has 2 aromatic rings. The highest BCUT2D eigenvalue weighted by atomic mass is 19.1. The van der Waals surface area contributed by atoms with Gasteiger partial charge in [-0.05, 0) is 25.5 Å². The molecule has 0 amide bonds. The molecule has 1 heterocycles. The number of aromatic amines is 1. The third kappa shape index (κ3) is 2.16. The van der Waals surface area contributed by atoms with E-state index in [1.54, 1.807) is 13.0 Å². The van der Waals surface area contributed by atoms with Crippen molar-refractivity contribution in [3.8, 4) is 5.75 Å². The van der Waals surface area contributed by atoms with Gasteiger partial charge in [-0.2, -0.15) is 0 Å². The largest absolute Gasteiger partial charge is 0.491 e. The molecule has 1 N–H and O–H groups in total. The zero-order valence-corrected chi connectivity index (χ0v) is 9.84. The van der Waals surface area contributed by atoms with Crippen LogP contribution in [-0.2, 0) is 0 Å². The van der Waals surface area contributed by atoms with Crippen LogP contribution in [0, 0.1) is 12.7 Å². The van der Waals surface area contributed by atoms with E-state index in [9.17, 15) is 9.18 Å². The number of aromatic nitrogens is 1. The number of halogens is 1. The summed E-state index contributed by atoms with van der Waals surface area (Å²) < 4.78 is 19.1. The second-order valence-corrected chi connectivity index (χ2v) is 3.96. The van der Waals surface area contributed by atoms with Gasteiger partial charge in [-0.15, -0.1) is 0 Å². The molecule has 0 fully saturated rings. The van der Waals surface area contributed by atoms with Crippen molar-refractivity contribution in [2.45, 2.75) is 20.3 Å². The van der Waals surface area contributed by atoms with Crippen LogP contribution >= 0.6 is 0 Å². The molecule has 0 aliphatic carbocycles. The molecule has 4 heteroatoms. The lowest BCUT2D eigenvalue weighted by Crippen LogP contribution is -2.07. The molecule has 0 saturated carbocycles. The lowest BCUT2D eigenvalue weighted by atomic mass is 10.1. The Morgan fingerprint density at radius 2 is 2.18 bits per heavy atom. The van der Waals surface area contributed by atoms with Crippen LogP contribution in [0.5, 0.6) is 5.75 Å². The van der Waals surface area contributed by atoms with Crippen molar-refractivity contribution in [2.24, 2.45) is 0 Å². The fraction of sp³-hybridized carbons (Fsp3) is 0.308. The Kier molecular flexibility index (Phi) is 3.13. The maximum Gasteiger partial charge on any atom is 0.192 e. The highest BCUT2D eigenvalue weighted by molar-refractivity contribution is 5.85. The summed E-state index contributed by atoms with van der Waals surface area (Å²) in [5.41, 5.74) is 0.800. The highest BCUT2D eigenvalue weighted by Gasteiger charge is 2.11. The lowest BCUT2D eigenvalue weighted by molar-refractivity contribution is 0.320. The number of hydrogen-bond acceptors (Lipinski definition) is 2. The average molecular weight is 235 g/mol. The molecule has 1 aromatic carbocycles. The van der Waals surface area contributed by atoms with Crippen molar-refractivity contribution in [3.05, 3.63) is 39.9 Å². The Morgan fingerprint density at radius 3 is 2.88 bits per heavy atom. The summed E-state index contributed by atoms with van der Waals surface area (Å²) >= 11 is 0. The third-order valence-electron chi connectivity index (χ3n) is 2.49. The number of ether oxygens (including phenoxy) is 1. The van der Waals surface area contributed by atoms with Gasteiger partial charge in [-0.25, -0.2) is 4.39 Å². The standard InChI is InChI=1S/C13H14FNO2/c1-3-6-17-11-5-4-9(14)12-10(16)7-8(2)15-13(11)12/h4-5,7H,3,6H2,1-2H3,(H,15,16). The number of hydrogen-bond donors (Lipinski definition) is 1. The van der Waals surface area contributed by atoms with E-state index in [4.69, 9.17) is 4.74 Å². The molecule has 0 radical (unpaired) electrons. The summed E-state index contributed by atoms with van der Waals surface area (Å²) in [7, 11) is 0. The average Bonchev–Trinajstić information content (AvgIpc) is 2.27. The van der Waals surface area contributed by atoms with Crippen molar-refractivity contribution in [1.82, 2.24) is 4.98 Å². The molecule has 0 saturated heterocycles. The Morgan fingerprint density at radius 1 is 1.41 bits per heavy atom. The molecular formula is C13H14FNO2. The Bertz CT molecular complexity index is 604. The van der Waals surface area contributed by atoms with E-state index in [0.29, 0.717) is 23.6 Å². The lowest BCUT2D eigenvalue weighted by Gasteiger charge is -2.09. The van der Waals surface area contributed by atoms with Gasteiger partial charge in [0, 0.05) is 11.8 Å². The first-order valence-electron chi connectivity index (χ1n) is 5.58. The van der Waals surface area contributed by atoms with Crippen molar-refractivity contribution in [1.29, 1.82) is 0 Å². The van der Waals surface area contributed by atoms with E-state index < -0.39 is 5.82 Å². The number of aryl methyl sites for hydroxylation is 1. The second-order valence-electron chi connectivity index (χ2n) is 3.96. The van der Waals surface area contributed by atoms with Gasteiger partial charge in [-0.3, -0.25) is 4.79 Å². The summed E-state index contributed by atoms with van der Waals surface area (Å²) in [5.74, 6) is -0.00542. The van der Waals surface area contributed by atoms with E-state index >= 15 is 0 Å². The predicted octanol–water partition coefficient (Wildman–Crippen LogP) is 2.76. The van der Waals surface area contributed by atoms with Gasteiger partial charge in [0.2, 0.25) is 0 Å². The van der Waals surface area contributed by atoms with Gasteiger partial charge < -0.3 is 9.72 Å². The first kappa shape index (κ1) is 11.6. The van der Waals surface area contributed by atoms with Crippen molar-refractivity contribution in [2.75, 3.05) is 6.61 Å². The molecule has 90 valence electrons. The number of rotatable bonds is 3. The molecule has 0 aliphatic rings. The van der Waals surface area contributed by atoms with Crippen LogP contribution in [0.3, 0.4) is 0 Å². The predicted molar refractivity (Wildman–Crippen MR) is 65.0 cm³/mol. The molecule has 0 atom stereocenters. The summed E-state index contributed by atoms with van der Waals surface area (Å²) in [4.78, 5) is 14.7. The monoisotopic (exact) mass is 235 g/mol. The van der Waals surface area contributed by atoms with Gasteiger partial charge in [-0.1, -0.05) is 6.92 Å². The minimum absolute atomic E-state index is 0.0594. The molecule has 0 bridgehead atoms. The van der Waals surface area contributed by atoms with Gasteiger partial charge in [0.1, 0.15) is 11.6 Å². The van der Waals surface area contributed by atoms with Crippen LogP contribution in [0.2, 0.25) is 0 Å². The third-order valence-corrected chi connectivity index (χ3v) is 2.49. The molecule has 2 rings (SSSR count). The molecule has 0 unspecified atom stereocenters. The number of H-pyrrole nitrogens is 1. The fourth-order valence-corrected chi connectivity index (χ4v) is 1.76. The number of benzene rings is 1. The second kappa shape index (κ2) is 4.57. The first-order valence-corrected chi connectivity index (χ1v) is 5.58. The highest BCUT2D eigenvalue weighted by Crippen LogP contribution is 2.24. The Hall–Kier alpha value is -1.84. The number of nitrogens with one attached hydrogen (secondary N) is 1. The fourth-order valence-electron chi connectivity index (χ4n) is 1.76. The smallest absolute Gasteiger partial charge is 0.192 e. The Balaban J connectivity index is 2.70. The van der Waals surface area contributed by atoms with Crippen LogP contribution < -0.4 is 10.2 Å². The zero-order chi connectivity index (χ0) is 12.4. The summed E-state index contributed by atoms with van der Waals surface area (Å²) in [6, 6.07) is 4.19. The van der Waals surface area contributed by atoms with E-state index in [-0.39, 0.29) is 10.8 Å². The summed E-state index contributed by atoms with van der Waals surface area (Å²) in [6.45, 7) is 4.28. The maximum atomic E-state index is 13.6. The van der Waals surface area contributed by atoms with E-state index in [0.717, 1.165) is 6.42 Å². The maximum absolute atomic E-state index is 13.6. The van der Waals surface area contributed by atoms with Gasteiger partial charge >= 0.3 is 0 Å². The van der Waals surface area contributed by atoms with Crippen LogP contribution in [0.25, 0.3) is 10.9 Å². The minimum Gasteiger partial charge on any atom is -0.491 e. The number of pyridine rings is 1. The normalized spacial score (nSPS) is 10.8. The SMILES string of the molecule is CCCOc1ccc(F)c2c(=O)cc(C)[nH]c12. The van der Waals surface area contributed by atoms with E-state index in [1.165, 1.54) is 12.1 Å². The van der Waals surface area contributed by atoms with Crippen molar-refractivity contribution < 1.29 is 9.13 Å². The van der Waals surface area contributed by atoms with Crippen LogP contribution in [0.15, 0.2) is 23.0 Å². The van der Waals surface area contributed by atoms with Crippen molar-refractivity contribution in [3.63, 3.8) is 0 Å². The van der Waals surface area contributed by atoms with E-state index in [2.05, 4.69) is 4.98 Å². The molecule has 17 heavy (non-hydrogen) atoms. The number of fused-ring (bicyclic) bond motifs is 1. The van der Waals surface area contributed by atoms with Crippen LogP contribution in [0.4, 0.5) is 4.39 Å². The zero-order valence-electron chi connectivity index (χ0n) is 9.84. The van der Waals surface area contributed by atoms with Crippen LogP contribution in [0.1, 0.15) is 19.0 Å². The summed E-state index contributed by atoms with van der Waals surface area (Å²) in [5, 5.41) is 0.0594. The molecular weight excluding hydrogens is 221 g/mol. The van der Waals surface area contributed by atoms with Crippen molar-refractivity contribution >= 4 is 10.9 Å². The minimum atomic E-state index is -0.523. The molecule has 0 spiro atoms.